The molecule has 0 spiro atoms. The number of benzene rings is 1. The fourth-order valence-corrected chi connectivity index (χ4v) is 5.07. The summed E-state index contributed by atoms with van der Waals surface area (Å²) in [5, 5.41) is 5.73. The van der Waals surface area contributed by atoms with Crippen LogP contribution >= 0.6 is 11.3 Å². The SMILES string of the molecule is CNC(=O)c1cnc(NC(=O)C(CC2CCCC2)c2ccc(S(C)(=O)=O)cc2)s1. The fraction of sp³-hybridized carbons (Fsp3) is 0.450. The number of amides is 2. The number of rotatable bonds is 7. The molecular weight excluding hydrogens is 410 g/mol. The Kier molecular flexibility index (Phi) is 6.69. The average Bonchev–Trinajstić information content (AvgIpc) is 3.37. The molecule has 1 saturated carbocycles. The maximum absolute atomic E-state index is 13.1. The van der Waals surface area contributed by atoms with E-state index < -0.39 is 15.8 Å². The van der Waals surface area contributed by atoms with Crippen LogP contribution in [0.25, 0.3) is 0 Å². The molecule has 3 rings (SSSR count). The minimum absolute atomic E-state index is 0.193. The van der Waals surface area contributed by atoms with Crippen LogP contribution in [0.3, 0.4) is 0 Å². The zero-order valence-corrected chi connectivity index (χ0v) is 18.1. The molecule has 1 atom stereocenters. The van der Waals surface area contributed by atoms with E-state index >= 15 is 0 Å². The molecule has 1 unspecified atom stereocenters. The quantitative estimate of drug-likeness (QED) is 0.695. The molecular formula is C20H25N3O4S2. The van der Waals surface area contributed by atoms with Gasteiger partial charge in [0.05, 0.1) is 17.0 Å². The van der Waals surface area contributed by atoms with Gasteiger partial charge in [0.2, 0.25) is 5.91 Å². The van der Waals surface area contributed by atoms with Crippen LogP contribution in [0.1, 0.15) is 53.3 Å². The number of hydrogen-bond donors (Lipinski definition) is 2. The summed E-state index contributed by atoms with van der Waals surface area (Å²) in [5.41, 5.74) is 0.782. The number of nitrogens with zero attached hydrogens (tertiary/aromatic N) is 1. The second kappa shape index (κ2) is 9.04. The Morgan fingerprint density at radius 1 is 1.21 bits per heavy atom. The van der Waals surface area contributed by atoms with Gasteiger partial charge in [-0.1, -0.05) is 49.2 Å². The first-order valence-corrected chi connectivity index (χ1v) is 12.3. The Morgan fingerprint density at radius 2 is 1.86 bits per heavy atom. The van der Waals surface area contributed by atoms with E-state index in [1.807, 2.05) is 0 Å². The molecule has 0 saturated heterocycles. The monoisotopic (exact) mass is 435 g/mol. The molecule has 0 radical (unpaired) electrons. The maximum atomic E-state index is 13.1. The zero-order valence-electron chi connectivity index (χ0n) is 16.5. The van der Waals surface area contributed by atoms with Crippen molar-refractivity contribution in [3.05, 3.63) is 40.9 Å². The summed E-state index contributed by atoms with van der Waals surface area (Å²) >= 11 is 1.12. The van der Waals surface area contributed by atoms with Crippen LogP contribution < -0.4 is 10.6 Å². The van der Waals surface area contributed by atoms with Gasteiger partial charge in [-0.25, -0.2) is 13.4 Å². The molecule has 156 valence electrons. The molecule has 29 heavy (non-hydrogen) atoms. The number of thiazole rings is 1. The lowest BCUT2D eigenvalue weighted by Gasteiger charge is -2.20. The molecule has 0 aliphatic heterocycles. The van der Waals surface area contributed by atoms with E-state index in [2.05, 4.69) is 15.6 Å². The van der Waals surface area contributed by atoms with Crippen molar-refractivity contribution < 1.29 is 18.0 Å². The van der Waals surface area contributed by atoms with Crippen LogP contribution in [-0.2, 0) is 14.6 Å². The topological polar surface area (TPSA) is 105 Å². The van der Waals surface area contributed by atoms with Crippen molar-refractivity contribution in [3.8, 4) is 0 Å². The maximum Gasteiger partial charge on any atom is 0.262 e. The number of nitrogens with one attached hydrogen (secondary N) is 2. The smallest absolute Gasteiger partial charge is 0.262 e. The highest BCUT2D eigenvalue weighted by Gasteiger charge is 2.27. The molecule has 0 bridgehead atoms. The number of carbonyl (C=O) groups excluding carboxylic acids is 2. The Morgan fingerprint density at radius 3 is 2.45 bits per heavy atom. The molecule has 1 aromatic heterocycles. The first-order valence-electron chi connectivity index (χ1n) is 9.56. The van der Waals surface area contributed by atoms with Crippen LogP contribution in [0, 0.1) is 5.92 Å². The summed E-state index contributed by atoms with van der Waals surface area (Å²) in [5.74, 6) is -0.374. The number of sulfone groups is 1. The summed E-state index contributed by atoms with van der Waals surface area (Å²) in [6.45, 7) is 0. The lowest BCUT2D eigenvalue weighted by atomic mass is 9.87. The minimum atomic E-state index is -3.29. The minimum Gasteiger partial charge on any atom is -0.354 e. The normalized spacial score (nSPS) is 15.8. The lowest BCUT2D eigenvalue weighted by molar-refractivity contribution is -0.118. The van der Waals surface area contributed by atoms with Crippen molar-refractivity contribution in [2.75, 3.05) is 18.6 Å². The molecule has 7 nitrogen and oxygen atoms in total. The van der Waals surface area contributed by atoms with Gasteiger partial charge in [-0.2, -0.15) is 0 Å². The van der Waals surface area contributed by atoms with Gasteiger partial charge in [-0.15, -0.1) is 0 Å². The number of anilines is 1. The molecule has 2 N–H and O–H groups in total. The molecule has 2 amide bonds. The summed E-state index contributed by atoms with van der Waals surface area (Å²) < 4.78 is 23.5. The first-order chi connectivity index (χ1) is 13.8. The zero-order chi connectivity index (χ0) is 21.0. The molecule has 9 heteroatoms. The van der Waals surface area contributed by atoms with E-state index in [1.165, 1.54) is 26.1 Å². The van der Waals surface area contributed by atoms with E-state index in [9.17, 15) is 18.0 Å². The van der Waals surface area contributed by atoms with Gasteiger partial charge in [0.25, 0.3) is 5.91 Å². The molecule has 1 fully saturated rings. The third-order valence-electron chi connectivity index (χ3n) is 5.26. The van der Waals surface area contributed by atoms with Crippen LogP contribution in [-0.4, -0.2) is 38.5 Å². The summed E-state index contributed by atoms with van der Waals surface area (Å²) in [7, 11) is -1.75. The third-order valence-corrected chi connectivity index (χ3v) is 7.30. The molecule has 2 aromatic rings. The van der Waals surface area contributed by atoms with Crippen LogP contribution in [0.15, 0.2) is 35.4 Å². The summed E-state index contributed by atoms with van der Waals surface area (Å²) in [6, 6.07) is 6.53. The number of carbonyl (C=O) groups is 2. The van der Waals surface area contributed by atoms with Crippen LogP contribution in [0.2, 0.25) is 0 Å². The number of hydrogen-bond acceptors (Lipinski definition) is 6. The van der Waals surface area contributed by atoms with Gasteiger partial charge >= 0.3 is 0 Å². The Balaban J connectivity index is 1.81. The van der Waals surface area contributed by atoms with E-state index in [-0.39, 0.29) is 16.7 Å². The summed E-state index contributed by atoms with van der Waals surface area (Å²) in [6.07, 6.45) is 7.86. The second-order valence-electron chi connectivity index (χ2n) is 7.38. The van der Waals surface area contributed by atoms with Crippen molar-refractivity contribution in [3.63, 3.8) is 0 Å². The Hall–Kier alpha value is -2.26. The van der Waals surface area contributed by atoms with Gasteiger partial charge in [-0.3, -0.25) is 9.59 Å². The first kappa shape index (κ1) is 21.4. The predicted molar refractivity (Wildman–Crippen MR) is 113 cm³/mol. The van der Waals surface area contributed by atoms with Crippen molar-refractivity contribution >= 4 is 38.1 Å². The van der Waals surface area contributed by atoms with Crippen molar-refractivity contribution in [1.29, 1.82) is 0 Å². The highest BCUT2D eigenvalue weighted by atomic mass is 32.2. The van der Waals surface area contributed by atoms with Gasteiger partial charge in [0, 0.05) is 13.3 Å². The van der Waals surface area contributed by atoms with E-state index in [4.69, 9.17) is 0 Å². The van der Waals surface area contributed by atoms with Gasteiger partial charge < -0.3 is 10.6 Å². The van der Waals surface area contributed by atoms with Crippen molar-refractivity contribution in [2.45, 2.75) is 42.9 Å². The highest BCUT2D eigenvalue weighted by molar-refractivity contribution is 7.90. The predicted octanol–water partition coefficient (Wildman–Crippen LogP) is 3.21. The second-order valence-corrected chi connectivity index (χ2v) is 10.4. The molecule has 1 heterocycles. The Labute approximate surface area is 174 Å². The molecule has 1 aromatic carbocycles. The molecule has 1 aliphatic carbocycles. The molecule has 1 aliphatic rings. The van der Waals surface area contributed by atoms with E-state index in [1.54, 1.807) is 24.3 Å². The van der Waals surface area contributed by atoms with Crippen LogP contribution in [0.4, 0.5) is 5.13 Å². The van der Waals surface area contributed by atoms with Crippen LogP contribution in [0.5, 0.6) is 0 Å². The highest BCUT2D eigenvalue weighted by Crippen LogP contribution is 2.35. The van der Waals surface area contributed by atoms with Crippen molar-refractivity contribution in [2.24, 2.45) is 5.92 Å². The third kappa shape index (κ3) is 5.42. The van der Waals surface area contributed by atoms with Gasteiger partial charge in [-0.05, 0) is 30.0 Å². The van der Waals surface area contributed by atoms with Gasteiger partial charge in [0.15, 0.2) is 15.0 Å². The van der Waals surface area contributed by atoms with E-state index in [0.717, 1.165) is 36.0 Å². The van der Waals surface area contributed by atoms with E-state index in [0.29, 0.717) is 22.3 Å². The van der Waals surface area contributed by atoms with Crippen molar-refractivity contribution in [1.82, 2.24) is 10.3 Å². The summed E-state index contributed by atoms with van der Waals surface area (Å²) in [4.78, 5) is 29.6. The van der Waals surface area contributed by atoms with Gasteiger partial charge in [0.1, 0.15) is 4.88 Å². The largest absolute Gasteiger partial charge is 0.354 e. The average molecular weight is 436 g/mol. The number of aromatic nitrogens is 1. The fourth-order valence-electron chi connectivity index (χ4n) is 3.67. The Bertz CT molecular complexity index is 977. The lowest BCUT2D eigenvalue weighted by Crippen LogP contribution is -2.23. The standard InChI is InChI=1S/C20H25N3O4S2/c1-21-19(25)17-12-22-20(28-17)23-18(24)16(11-13-5-3-4-6-13)14-7-9-15(10-8-14)29(2,26)27/h7-10,12-13,16H,3-6,11H2,1-2H3,(H,21,25)(H,22,23,24).